The molecular weight excluding hydrogens is 328 g/mol. The monoisotopic (exact) mass is 342 g/mol. The molecule has 1 atom stereocenters. The molecule has 1 N–H and O–H groups in total. The van der Waals surface area contributed by atoms with Crippen molar-refractivity contribution in [3.05, 3.63) is 69.2 Å². The molecule has 0 aliphatic rings. The second-order valence-electron chi connectivity index (χ2n) is 4.95. The Morgan fingerprint density at radius 3 is 2.48 bits per heavy atom. The lowest BCUT2D eigenvalue weighted by molar-refractivity contribution is 0.0939. The molecule has 0 saturated carbocycles. The lowest BCUT2D eigenvalue weighted by Crippen LogP contribution is -2.26. The molecule has 0 heterocycles. The summed E-state index contributed by atoms with van der Waals surface area (Å²) in [7, 11) is 0. The number of carbonyl (C=O) groups is 1. The van der Waals surface area contributed by atoms with Gasteiger partial charge in [0.2, 0.25) is 0 Å². The molecular formula is C17H15BrN2O. The molecule has 3 nitrogen and oxygen atoms in total. The van der Waals surface area contributed by atoms with E-state index in [0.717, 1.165) is 15.6 Å². The zero-order chi connectivity index (χ0) is 15.4. The van der Waals surface area contributed by atoms with E-state index in [-0.39, 0.29) is 11.9 Å². The van der Waals surface area contributed by atoms with Crippen LogP contribution < -0.4 is 5.32 Å². The Bertz CT molecular complexity index is 681. The normalized spacial score (nSPS) is 11.5. The zero-order valence-corrected chi connectivity index (χ0v) is 13.4. The van der Waals surface area contributed by atoms with E-state index in [0.29, 0.717) is 11.1 Å². The van der Waals surface area contributed by atoms with Gasteiger partial charge in [0.15, 0.2) is 0 Å². The number of benzene rings is 2. The highest BCUT2D eigenvalue weighted by molar-refractivity contribution is 9.10. The maximum Gasteiger partial charge on any atom is 0.251 e. The summed E-state index contributed by atoms with van der Waals surface area (Å²) in [5.41, 5.74) is 3.23. The van der Waals surface area contributed by atoms with Crippen molar-refractivity contribution in [3.8, 4) is 6.07 Å². The summed E-state index contributed by atoms with van der Waals surface area (Å²) in [5.74, 6) is -0.115. The Morgan fingerprint density at radius 1 is 1.24 bits per heavy atom. The summed E-state index contributed by atoms with van der Waals surface area (Å²) >= 11 is 3.40. The fourth-order valence-electron chi connectivity index (χ4n) is 2.08. The summed E-state index contributed by atoms with van der Waals surface area (Å²) in [6.07, 6.45) is 0. The van der Waals surface area contributed by atoms with Crippen molar-refractivity contribution in [2.75, 3.05) is 0 Å². The number of amides is 1. The van der Waals surface area contributed by atoms with Crippen LogP contribution in [-0.2, 0) is 0 Å². The smallest absolute Gasteiger partial charge is 0.251 e. The molecule has 4 heteroatoms. The molecule has 0 spiro atoms. The van der Waals surface area contributed by atoms with Crippen LogP contribution in [0.1, 0.15) is 40.0 Å². The second-order valence-corrected chi connectivity index (χ2v) is 5.86. The zero-order valence-electron chi connectivity index (χ0n) is 11.9. The van der Waals surface area contributed by atoms with Crippen LogP contribution in [0, 0.1) is 18.3 Å². The topological polar surface area (TPSA) is 52.9 Å². The molecule has 1 amide bonds. The van der Waals surface area contributed by atoms with Gasteiger partial charge in [-0.2, -0.15) is 5.26 Å². The quantitative estimate of drug-likeness (QED) is 0.911. The van der Waals surface area contributed by atoms with Crippen molar-refractivity contribution < 1.29 is 4.79 Å². The molecule has 0 fully saturated rings. The van der Waals surface area contributed by atoms with Gasteiger partial charge in [0.05, 0.1) is 17.7 Å². The number of aryl methyl sites for hydroxylation is 1. The van der Waals surface area contributed by atoms with Crippen molar-refractivity contribution in [2.24, 2.45) is 0 Å². The number of rotatable bonds is 3. The van der Waals surface area contributed by atoms with Crippen LogP contribution in [0.25, 0.3) is 0 Å². The summed E-state index contributed by atoms with van der Waals surface area (Å²) in [5, 5.41) is 11.8. The van der Waals surface area contributed by atoms with Crippen LogP contribution in [0.3, 0.4) is 0 Å². The van der Waals surface area contributed by atoms with Gasteiger partial charge in [-0.15, -0.1) is 0 Å². The van der Waals surface area contributed by atoms with Crippen molar-refractivity contribution in [1.82, 2.24) is 5.32 Å². The highest BCUT2D eigenvalue weighted by Gasteiger charge is 2.12. The maximum absolute atomic E-state index is 12.3. The lowest BCUT2D eigenvalue weighted by Gasteiger charge is -2.15. The number of nitrogens with zero attached hydrogens (tertiary/aromatic N) is 1. The van der Waals surface area contributed by atoms with Gasteiger partial charge in [-0.25, -0.2) is 0 Å². The van der Waals surface area contributed by atoms with Gasteiger partial charge < -0.3 is 5.32 Å². The molecule has 2 rings (SSSR count). The Labute approximate surface area is 132 Å². The first kappa shape index (κ1) is 15.3. The van der Waals surface area contributed by atoms with Crippen LogP contribution >= 0.6 is 15.9 Å². The first-order chi connectivity index (χ1) is 9.99. The third-order valence-corrected chi connectivity index (χ3v) is 3.65. The largest absolute Gasteiger partial charge is 0.346 e. The second kappa shape index (κ2) is 6.55. The molecule has 0 radical (unpaired) electrons. The Hall–Kier alpha value is -2.12. The third kappa shape index (κ3) is 3.93. The van der Waals surface area contributed by atoms with Crippen LogP contribution in [0.4, 0.5) is 0 Å². The molecule has 0 aliphatic carbocycles. The highest BCUT2D eigenvalue weighted by Crippen LogP contribution is 2.17. The average molecular weight is 343 g/mol. The predicted octanol–water partition coefficient (Wildman–Crippen LogP) is 4.12. The van der Waals surface area contributed by atoms with Crippen molar-refractivity contribution in [1.29, 1.82) is 5.26 Å². The van der Waals surface area contributed by atoms with Gasteiger partial charge in [0.25, 0.3) is 5.91 Å². The SMILES string of the molecule is Cc1cc(Br)cc(C(=O)NC(C)c2ccc(C#N)cc2)c1. The number of hydrogen-bond donors (Lipinski definition) is 1. The molecule has 2 aromatic carbocycles. The Kier molecular flexibility index (Phi) is 4.77. The molecule has 0 bridgehead atoms. The molecule has 0 saturated heterocycles. The van der Waals surface area contributed by atoms with E-state index in [9.17, 15) is 4.79 Å². The predicted molar refractivity (Wildman–Crippen MR) is 85.9 cm³/mol. The minimum atomic E-state index is -0.121. The fraction of sp³-hybridized carbons (Fsp3) is 0.176. The number of nitrogens with one attached hydrogen (secondary N) is 1. The highest BCUT2D eigenvalue weighted by atomic mass is 79.9. The fourth-order valence-corrected chi connectivity index (χ4v) is 2.68. The van der Waals surface area contributed by atoms with Crippen molar-refractivity contribution in [3.63, 3.8) is 0 Å². The third-order valence-electron chi connectivity index (χ3n) is 3.19. The number of nitriles is 1. The van der Waals surface area contributed by atoms with E-state index in [4.69, 9.17) is 5.26 Å². The maximum atomic E-state index is 12.3. The number of hydrogen-bond acceptors (Lipinski definition) is 2. The summed E-state index contributed by atoms with van der Waals surface area (Å²) < 4.78 is 0.888. The van der Waals surface area contributed by atoms with Crippen molar-refractivity contribution in [2.45, 2.75) is 19.9 Å². The number of carbonyl (C=O) groups excluding carboxylic acids is 1. The Morgan fingerprint density at radius 2 is 1.90 bits per heavy atom. The van der Waals surface area contributed by atoms with Gasteiger partial charge in [-0.3, -0.25) is 4.79 Å². The van der Waals surface area contributed by atoms with Crippen molar-refractivity contribution >= 4 is 21.8 Å². The number of halogens is 1. The Balaban J connectivity index is 2.12. The van der Waals surface area contributed by atoms with E-state index in [1.165, 1.54) is 0 Å². The molecule has 2 aromatic rings. The molecule has 0 aromatic heterocycles. The van der Waals surface area contributed by atoms with E-state index in [1.54, 1.807) is 18.2 Å². The first-order valence-corrected chi connectivity index (χ1v) is 7.37. The lowest BCUT2D eigenvalue weighted by atomic mass is 10.1. The first-order valence-electron chi connectivity index (χ1n) is 6.57. The van der Waals surface area contributed by atoms with Gasteiger partial charge >= 0.3 is 0 Å². The molecule has 21 heavy (non-hydrogen) atoms. The minimum Gasteiger partial charge on any atom is -0.346 e. The van der Waals surface area contributed by atoms with Crippen LogP contribution in [0.5, 0.6) is 0 Å². The minimum absolute atomic E-state index is 0.115. The van der Waals surface area contributed by atoms with E-state index in [2.05, 4.69) is 27.3 Å². The summed E-state index contributed by atoms with van der Waals surface area (Å²) in [6.45, 7) is 3.87. The summed E-state index contributed by atoms with van der Waals surface area (Å²) in [6, 6.07) is 14.8. The van der Waals surface area contributed by atoms with E-state index in [1.807, 2.05) is 38.1 Å². The van der Waals surface area contributed by atoms with Gasteiger partial charge in [-0.1, -0.05) is 28.1 Å². The van der Waals surface area contributed by atoms with Crippen LogP contribution in [0.15, 0.2) is 46.9 Å². The molecule has 0 aliphatic heterocycles. The molecule has 1 unspecified atom stereocenters. The molecule has 106 valence electrons. The van der Waals surface area contributed by atoms with Gasteiger partial charge in [-0.05, 0) is 55.3 Å². The standard InChI is InChI=1S/C17H15BrN2O/c1-11-7-15(9-16(18)8-11)17(21)20-12(2)14-5-3-13(10-19)4-6-14/h3-9,12H,1-2H3,(H,20,21). The van der Waals surface area contributed by atoms with Gasteiger partial charge in [0, 0.05) is 10.0 Å². The summed E-state index contributed by atoms with van der Waals surface area (Å²) in [4.78, 5) is 12.3. The van der Waals surface area contributed by atoms with E-state index < -0.39 is 0 Å². The van der Waals surface area contributed by atoms with Crippen LogP contribution in [0.2, 0.25) is 0 Å². The van der Waals surface area contributed by atoms with Crippen LogP contribution in [-0.4, -0.2) is 5.91 Å². The average Bonchev–Trinajstić information content (AvgIpc) is 2.46. The van der Waals surface area contributed by atoms with Gasteiger partial charge in [0.1, 0.15) is 0 Å². The van der Waals surface area contributed by atoms with E-state index >= 15 is 0 Å².